The summed E-state index contributed by atoms with van der Waals surface area (Å²) in [7, 11) is 0. The number of alkyl halides is 3. The fourth-order valence-electron chi connectivity index (χ4n) is 0.198. The quantitative estimate of drug-likeness (QED) is 0.569. The van der Waals surface area contributed by atoms with Gasteiger partial charge in [0.25, 0.3) is 0 Å². The predicted molar refractivity (Wildman–Crippen MR) is 26.8 cm³/mol. The lowest BCUT2D eigenvalue weighted by atomic mass is 10.3. The molecule has 0 aromatic rings. The lowest BCUT2D eigenvalue weighted by Crippen LogP contribution is -2.15. The molecule has 0 spiro atoms. The van der Waals surface area contributed by atoms with E-state index in [2.05, 4.69) is 11.3 Å². The van der Waals surface area contributed by atoms with Gasteiger partial charge >= 0.3 is 12.6 Å². The molecule has 0 aliphatic heterocycles. The van der Waals surface area contributed by atoms with Crippen molar-refractivity contribution >= 4 is 6.47 Å². The first-order valence-electron chi connectivity index (χ1n) is 2.22. The molecule has 0 amide bonds. The smallest absolute Gasteiger partial charge is 0.417 e. The molecule has 0 N–H and O–H groups in total. The normalized spacial score (nSPS) is 10.7. The summed E-state index contributed by atoms with van der Waals surface area (Å²) in [4.78, 5) is 9.28. The first kappa shape index (κ1) is 9.00. The van der Waals surface area contributed by atoms with Crippen LogP contribution < -0.4 is 0 Å². The van der Waals surface area contributed by atoms with Gasteiger partial charge in [0, 0.05) is 0 Å². The maximum atomic E-state index is 11.5. The molecule has 0 heterocycles. The third-order valence-corrected chi connectivity index (χ3v) is 0.706. The Labute approximate surface area is 55.3 Å². The van der Waals surface area contributed by atoms with Crippen LogP contribution in [0.4, 0.5) is 13.2 Å². The average Bonchev–Trinajstić information content (AvgIpc) is 1.80. The molecule has 0 rings (SSSR count). The summed E-state index contributed by atoms with van der Waals surface area (Å²) in [6.07, 6.45) is -4.49. The number of halogens is 3. The molecule has 0 bridgehead atoms. The monoisotopic (exact) mass is 153 g/mol. The van der Waals surface area contributed by atoms with Crippen molar-refractivity contribution < 1.29 is 22.7 Å². The molecule has 0 unspecified atom stereocenters. The topological polar surface area (TPSA) is 26.3 Å². The van der Waals surface area contributed by atoms with E-state index in [1.165, 1.54) is 0 Å². The SMILES string of the molecule is C=C(CO[C]=O)C(F)(F)F. The Morgan fingerprint density at radius 3 is 2.40 bits per heavy atom. The van der Waals surface area contributed by atoms with E-state index in [1.54, 1.807) is 0 Å². The van der Waals surface area contributed by atoms with Crippen molar-refractivity contribution in [2.45, 2.75) is 6.18 Å². The minimum absolute atomic E-state index is 0.854. The van der Waals surface area contributed by atoms with E-state index in [4.69, 9.17) is 0 Å². The first-order chi connectivity index (χ1) is 4.48. The van der Waals surface area contributed by atoms with Crippen LogP contribution in [0, 0.1) is 0 Å². The van der Waals surface area contributed by atoms with Crippen molar-refractivity contribution in [3.63, 3.8) is 0 Å². The zero-order chi connectivity index (χ0) is 8.20. The molecule has 2 nitrogen and oxygen atoms in total. The number of hydrogen-bond acceptors (Lipinski definition) is 2. The van der Waals surface area contributed by atoms with Gasteiger partial charge in [-0.1, -0.05) is 6.58 Å². The van der Waals surface area contributed by atoms with Crippen LogP contribution in [0.3, 0.4) is 0 Å². The lowest BCUT2D eigenvalue weighted by Gasteiger charge is -2.06. The zero-order valence-corrected chi connectivity index (χ0v) is 4.86. The van der Waals surface area contributed by atoms with Crippen LogP contribution in [0.1, 0.15) is 0 Å². The Kier molecular flexibility index (Phi) is 2.92. The van der Waals surface area contributed by atoms with Crippen molar-refractivity contribution in [2.24, 2.45) is 0 Å². The van der Waals surface area contributed by atoms with E-state index in [-0.39, 0.29) is 0 Å². The van der Waals surface area contributed by atoms with E-state index in [0.717, 1.165) is 6.47 Å². The molecule has 0 saturated carbocycles. The number of hydrogen-bond donors (Lipinski definition) is 0. The summed E-state index contributed by atoms with van der Waals surface area (Å²) in [6.45, 7) is 2.64. The minimum atomic E-state index is -4.49. The number of ether oxygens (including phenoxy) is 1. The molecular formula is C5H4F3O2. The number of carbonyl (C=O) groups excluding carboxylic acids is 1. The van der Waals surface area contributed by atoms with Crippen LogP contribution in [0.25, 0.3) is 0 Å². The average molecular weight is 153 g/mol. The summed E-state index contributed by atoms with van der Waals surface area (Å²) >= 11 is 0. The third-order valence-electron chi connectivity index (χ3n) is 0.706. The molecule has 0 aromatic carbocycles. The Hall–Kier alpha value is -1.00. The molecule has 0 fully saturated rings. The van der Waals surface area contributed by atoms with Gasteiger partial charge in [0.05, 0.1) is 5.57 Å². The summed E-state index contributed by atoms with van der Waals surface area (Å²) in [5.41, 5.74) is -1.10. The molecule has 0 aliphatic rings. The Bertz CT molecular complexity index is 138. The summed E-state index contributed by atoms with van der Waals surface area (Å²) < 4.78 is 38.1. The molecule has 1 radical (unpaired) electrons. The van der Waals surface area contributed by atoms with Crippen molar-refractivity contribution in [3.8, 4) is 0 Å². The second kappa shape index (κ2) is 3.24. The van der Waals surface area contributed by atoms with Crippen molar-refractivity contribution in [2.75, 3.05) is 6.61 Å². The van der Waals surface area contributed by atoms with E-state index in [9.17, 15) is 18.0 Å². The highest BCUT2D eigenvalue weighted by Crippen LogP contribution is 2.23. The van der Waals surface area contributed by atoms with Crippen LogP contribution >= 0.6 is 0 Å². The first-order valence-corrected chi connectivity index (χ1v) is 2.22. The summed E-state index contributed by atoms with van der Waals surface area (Å²) in [5.74, 6) is 0. The fraction of sp³-hybridized carbons (Fsp3) is 0.400. The van der Waals surface area contributed by atoms with Gasteiger partial charge in [-0.2, -0.15) is 13.2 Å². The Morgan fingerprint density at radius 2 is 2.10 bits per heavy atom. The number of rotatable bonds is 3. The minimum Gasteiger partial charge on any atom is -0.452 e. The van der Waals surface area contributed by atoms with E-state index < -0.39 is 18.4 Å². The van der Waals surface area contributed by atoms with Gasteiger partial charge < -0.3 is 4.74 Å². The van der Waals surface area contributed by atoms with Gasteiger partial charge in [-0.3, -0.25) is 0 Å². The lowest BCUT2D eigenvalue weighted by molar-refractivity contribution is -0.0966. The van der Waals surface area contributed by atoms with E-state index in [1.807, 2.05) is 0 Å². The Morgan fingerprint density at radius 1 is 1.60 bits per heavy atom. The van der Waals surface area contributed by atoms with Gasteiger partial charge in [0.15, 0.2) is 0 Å². The Balaban J connectivity index is 3.74. The van der Waals surface area contributed by atoms with Gasteiger partial charge in [0.2, 0.25) is 0 Å². The molecule has 0 aliphatic carbocycles. The molecule has 0 atom stereocenters. The zero-order valence-electron chi connectivity index (χ0n) is 4.86. The standard InChI is InChI=1S/C5H4F3O2/c1-4(2-10-3-9)5(6,7)8/h1-2H2. The molecule has 0 aromatic heterocycles. The van der Waals surface area contributed by atoms with Gasteiger partial charge in [-0.05, 0) is 0 Å². The van der Waals surface area contributed by atoms with Crippen LogP contribution in [-0.2, 0) is 9.53 Å². The summed E-state index contributed by atoms with van der Waals surface area (Å²) in [5, 5.41) is 0. The van der Waals surface area contributed by atoms with Crippen LogP contribution in [0.2, 0.25) is 0 Å². The fourth-order valence-corrected chi connectivity index (χ4v) is 0.198. The van der Waals surface area contributed by atoms with E-state index in [0.29, 0.717) is 0 Å². The van der Waals surface area contributed by atoms with Crippen LogP contribution in [0.5, 0.6) is 0 Å². The maximum Gasteiger partial charge on any atom is 0.417 e. The largest absolute Gasteiger partial charge is 0.452 e. The molecule has 10 heavy (non-hydrogen) atoms. The maximum absolute atomic E-state index is 11.5. The molecule has 57 valence electrons. The highest BCUT2D eigenvalue weighted by Gasteiger charge is 2.31. The third kappa shape index (κ3) is 3.11. The second-order valence-electron chi connectivity index (χ2n) is 1.47. The molecule has 0 saturated heterocycles. The van der Waals surface area contributed by atoms with Crippen molar-refractivity contribution in [1.82, 2.24) is 0 Å². The van der Waals surface area contributed by atoms with Gasteiger partial charge in [-0.25, -0.2) is 4.79 Å². The highest BCUT2D eigenvalue weighted by molar-refractivity contribution is 5.38. The van der Waals surface area contributed by atoms with Crippen LogP contribution in [-0.4, -0.2) is 19.3 Å². The predicted octanol–water partition coefficient (Wildman–Crippen LogP) is 1.19. The van der Waals surface area contributed by atoms with Crippen molar-refractivity contribution in [1.29, 1.82) is 0 Å². The molecular weight excluding hydrogens is 149 g/mol. The van der Waals surface area contributed by atoms with Gasteiger partial charge in [0.1, 0.15) is 6.61 Å². The second-order valence-corrected chi connectivity index (χ2v) is 1.47. The highest BCUT2D eigenvalue weighted by atomic mass is 19.4. The van der Waals surface area contributed by atoms with Crippen molar-refractivity contribution in [3.05, 3.63) is 12.2 Å². The van der Waals surface area contributed by atoms with E-state index >= 15 is 0 Å². The molecule has 5 heteroatoms. The summed E-state index contributed by atoms with van der Waals surface area (Å²) in [6, 6.07) is 0. The van der Waals surface area contributed by atoms with Gasteiger partial charge in [-0.15, -0.1) is 0 Å². The van der Waals surface area contributed by atoms with Crippen LogP contribution in [0.15, 0.2) is 12.2 Å².